The molecule has 0 aliphatic carbocycles. The molecule has 2 saturated heterocycles. The van der Waals surface area contributed by atoms with E-state index in [0.717, 1.165) is 25.9 Å². The van der Waals surface area contributed by atoms with Crippen molar-refractivity contribution in [3.63, 3.8) is 0 Å². The summed E-state index contributed by atoms with van der Waals surface area (Å²) in [7, 11) is 1.58. The lowest BCUT2D eigenvalue weighted by molar-refractivity contribution is -0.131. The topological polar surface area (TPSA) is 61.8 Å². The first-order valence-corrected chi connectivity index (χ1v) is 6.40. The van der Waals surface area contributed by atoms with E-state index in [2.05, 4.69) is 5.32 Å². The van der Waals surface area contributed by atoms with E-state index in [1.807, 2.05) is 0 Å². The van der Waals surface area contributed by atoms with Crippen LogP contribution < -0.4 is 5.32 Å². The Morgan fingerprint density at radius 1 is 1.41 bits per heavy atom. The molecule has 0 spiro atoms. The van der Waals surface area contributed by atoms with Gasteiger partial charge in [0.1, 0.15) is 6.10 Å². The van der Waals surface area contributed by atoms with Gasteiger partial charge in [0.2, 0.25) is 5.91 Å². The number of piperidine rings is 1. The molecule has 17 heavy (non-hydrogen) atoms. The van der Waals surface area contributed by atoms with Crippen molar-refractivity contribution in [2.75, 3.05) is 33.3 Å². The molecule has 0 unspecified atom stereocenters. The maximum absolute atomic E-state index is 12.1. The number of methoxy groups -OCH3 is 1. The molecule has 2 N–H and O–H groups in total. The number of hydrogen-bond donors (Lipinski definition) is 2. The Hall–Kier alpha value is -0.650. The average molecular weight is 242 g/mol. The Morgan fingerprint density at radius 3 is 2.71 bits per heavy atom. The van der Waals surface area contributed by atoms with Gasteiger partial charge < -0.3 is 20.1 Å². The third-order valence-corrected chi connectivity index (χ3v) is 3.81. The van der Waals surface area contributed by atoms with Gasteiger partial charge in [-0.15, -0.1) is 0 Å². The Balaban J connectivity index is 1.80. The number of nitrogens with one attached hydrogen (secondary N) is 1. The zero-order valence-corrected chi connectivity index (χ0v) is 10.4. The van der Waals surface area contributed by atoms with Gasteiger partial charge in [-0.3, -0.25) is 4.79 Å². The molecule has 0 bridgehead atoms. The maximum Gasteiger partial charge on any atom is 0.223 e. The largest absolute Gasteiger partial charge is 0.388 e. The van der Waals surface area contributed by atoms with Crippen molar-refractivity contribution < 1.29 is 14.6 Å². The smallest absolute Gasteiger partial charge is 0.223 e. The number of amides is 1. The van der Waals surface area contributed by atoms with E-state index in [1.54, 1.807) is 12.0 Å². The Bertz CT molecular complexity index is 266. The number of nitrogens with zero attached hydrogens (tertiary/aromatic N) is 1. The van der Waals surface area contributed by atoms with E-state index in [9.17, 15) is 9.90 Å². The minimum Gasteiger partial charge on any atom is -0.388 e. The SMILES string of the molecule is CO[C@@H]1CN(C(=O)CC2CCNCC2)C[C@H]1O. The fraction of sp³-hybridized carbons (Fsp3) is 0.917. The van der Waals surface area contributed by atoms with Crippen molar-refractivity contribution in [3.05, 3.63) is 0 Å². The van der Waals surface area contributed by atoms with Gasteiger partial charge in [-0.2, -0.15) is 0 Å². The molecule has 2 heterocycles. The van der Waals surface area contributed by atoms with Gasteiger partial charge in [0.15, 0.2) is 0 Å². The number of likely N-dealkylation sites (tertiary alicyclic amines) is 1. The summed E-state index contributed by atoms with van der Waals surface area (Å²) in [6, 6.07) is 0. The van der Waals surface area contributed by atoms with Gasteiger partial charge in [0.25, 0.3) is 0 Å². The monoisotopic (exact) mass is 242 g/mol. The fourth-order valence-corrected chi connectivity index (χ4v) is 2.65. The number of carbonyl (C=O) groups is 1. The van der Waals surface area contributed by atoms with Crippen LogP contribution in [0.15, 0.2) is 0 Å². The summed E-state index contributed by atoms with van der Waals surface area (Å²) in [4.78, 5) is 13.8. The van der Waals surface area contributed by atoms with Gasteiger partial charge in [-0.1, -0.05) is 0 Å². The minimum atomic E-state index is -0.531. The van der Waals surface area contributed by atoms with E-state index < -0.39 is 6.10 Å². The van der Waals surface area contributed by atoms with Crippen LogP contribution in [-0.2, 0) is 9.53 Å². The van der Waals surface area contributed by atoms with Crippen LogP contribution in [0.3, 0.4) is 0 Å². The Morgan fingerprint density at radius 2 is 2.12 bits per heavy atom. The van der Waals surface area contributed by atoms with Gasteiger partial charge in [0, 0.05) is 26.6 Å². The van der Waals surface area contributed by atoms with Crippen LogP contribution in [0.25, 0.3) is 0 Å². The number of β-amino-alcohol motifs (C(OH)–C–C–N with tert-alkyl or cyclic N) is 1. The first-order valence-electron chi connectivity index (χ1n) is 6.40. The molecule has 98 valence electrons. The number of aliphatic hydroxyl groups excluding tert-OH is 1. The molecule has 1 amide bonds. The summed E-state index contributed by atoms with van der Waals surface area (Å²) >= 11 is 0. The molecule has 0 saturated carbocycles. The highest BCUT2D eigenvalue weighted by atomic mass is 16.5. The van der Waals surface area contributed by atoms with Crippen LogP contribution in [0.2, 0.25) is 0 Å². The Kier molecular flexibility index (Phi) is 4.36. The second-order valence-electron chi connectivity index (χ2n) is 5.04. The molecular formula is C12H22N2O3. The van der Waals surface area contributed by atoms with Gasteiger partial charge in [0.05, 0.1) is 6.10 Å². The number of rotatable bonds is 3. The third-order valence-electron chi connectivity index (χ3n) is 3.81. The van der Waals surface area contributed by atoms with Gasteiger partial charge in [-0.05, 0) is 31.8 Å². The van der Waals surface area contributed by atoms with E-state index in [0.29, 0.717) is 25.4 Å². The second kappa shape index (κ2) is 5.80. The molecule has 0 radical (unpaired) electrons. The summed E-state index contributed by atoms with van der Waals surface area (Å²) in [6.45, 7) is 2.98. The van der Waals surface area contributed by atoms with Gasteiger partial charge in [-0.25, -0.2) is 0 Å². The molecule has 2 fully saturated rings. The predicted octanol–water partition coefficient (Wildman–Crippen LogP) is -0.406. The second-order valence-corrected chi connectivity index (χ2v) is 5.04. The number of hydrogen-bond acceptors (Lipinski definition) is 4. The maximum atomic E-state index is 12.1. The average Bonchev–Trinajstić information content (AvgIpc) is 2.72. The van der Waals surface area contributed by atoms with Crippen LogP contribution in [-0.4, -0.2) is 61.4 Å². The molecule has 0 aromatic rings. The van der Waals surface area contributed by atoms with Gasteiger partial charge >= 0.3 is 0 Å². The molecule has 5 heteroatoms. The lowest BCUT2D eigenvalue weighted by Gasteiger charge is -2.24. The predicted molar refractivity (Wildman–Crippen MR) is 63.6 cm³/mol. The van der Waals surface area contributed by atoms with E-state index >= 15 is 0 Å². The van der Waals surface area contributed by atoms with Crippen molar-refractivity contribution in [2.45, 2.75) is 31.5 Å². The minimum absolute atomic E-state index is 0.163. The molecule has 2 aliphatic rings. The summed E-state index contributed by atoms with van der Waals surface area (Å²) in [6.07, 6.45) is 2.03. The van der Waals surface area contributed by atoms with E-state index in [1.165, 1.54) is 0 Å². The summed E-state index contributed by atoms with van der Waals surface area (Å²) in [5, 5.41) is 13.0. The number of aliphatic hydroxyl groups is 1. The summed E-state index contributed by atoms with van der Waals surface area (Å²) < 4.78 is 5.14. The fourth-order valence-electron chi connectivity index (χ4n) is 2.65. The van der Waals surface area contributed by atoms with Crippen molar-refractivity contribution in [1.29, 1.82) is 0 Å². The molecule has 5 nitrogen and oxygen atoms in total. The summed E-state index contributed by atoms with van der Waals surface area (Å²) in [5.74, 6) is 0.665. The molecule has 2 rings (SSSR count). The van der Waals surface area contributed by atoms with Crippen molar-refractivity contribution in [3.8, 4) is 0 Å². The van der Waals surface area contributed by atoms with Crippen LogP contribution in [0.5, 0.6) is 0 Å². The molecule has 0 aromatic carbocycles. The number of ether oxygens (including phenoxy) is 1. The van der Waals surface area contributed by atoms with Crippen molar-refractivity contribution in [2.24, 2.45) is 5.92 Å². The van der Waals surface area contributed by atoms with Crippen molar-refractivity contribution in [1.82, 2.24) is 10.2 Å². The lowest BCUT2D eigenvalue weighted by atomic mass is 9.94. The first-order chi connectivity index (χ1) is 8.20. The summed E-state index contributed by atoms with van der Waals surface area (Å²) in [5.41, 5.74) is 0. The Labute approximate surface area is 102 Å². The molecule has 2 atom stereocenters. The van der Waals surface area contributed by atoms with Crippen LogP contribution in [0.4, 0.5) is 0 Å². The highest BCUT2D eigenvalue weighted by Crippen LogP contribution is 2.20. The molecule has 2 aliphatic heterocycles. The quantitative estimate of drug-likeness (QED) is 0.706. The lowest BCUT2D eigenvalue weighted by Crippen LogP contribution is -2.34. The highest BCUT2D eigenvalue weighted by Gasteiger charge is 2.34. The zero-order valence-electron chi connectivity index (χ0n) is 10.4. The zero-order chi connectivity index (χ0) is 12.3. The van der Waals surface area contributed by atoms with Crippen LogP contribution in [0.1, 0.15) is 19.3 Å². The van der Waals surface area contributed by atoms with E-state index in [4.69, 9.17) is 4.74 Å². The highest BCUT2D eigenvalue weighted by molar-refractivity contribution is 5.76. The molecule has 0 aromatic heterocycles. The molecular weight excluding hydrogens is 220 g/mol. The van der Waals surface area contributed by atoms with E-state index in [-0.39, 0.29) is 12.0 Å². The first kappa shape index (κ1) is 12.8. The van der Waals surface area contributed by atoms with Crippen molar-refractivity contribution >= 4 is 5.91 Å². The van der Waals surface area contributed by atoms with Crippen LogP contribution in [0, 0.1) is 5.92 Å². The normalized spacial score (nSPS) is 30.8. The standard InChI is InChI=1S/C12H22N2O3/c1-17-11-8-14(7-10(11)15)12(16)6-9-2-4-13-5-3-9/h9-11,13,15H,2-8H2,1H3/t10-,11-/m1/s1. The third kappa shape index (κ3) is 3.18. The van der Waals surface area contributed by atoms with Crippen LogP contribution >= 0.6 is 0 Å². The number of carbonyl (C=O) groups excluding carboxylic acids is 1.